The number of ketones is 2. The number of hydrogen-bond acceptors (Lipinski definition) is 4. The van der Waals surface area contributed by atoms with Crippen LogP contribution < -0.4 is 0 Å². The fourth-order valence-electron chi connectivity index (χ4n) is 1.62. The molecule has 0 amide bonds. The Kier molecular flexibility index (Phi) is 2.08. The van der Waals surface area contributed by atoms with Crippen LogP contribution in [0.3, 0.4) is 0 Å². The van der Waals surface area contributed by atoms with Gasteiger partial charge in [0.1, 0.15) is 11.5 Å². The third kappa shape index (κ3) is 1.16. The molecule has 2 N–H and O–H groups in total. The molecule has 0 unspecified atom stereocenters. The molecule has 0 atom stereocenters. The van der Waals surface area contributed by atoms with Gasteiger partial charge in [-0.05, 0) is 26.0 Å². The summed E-state index contributed by atoms with van der Waals surface area (Å²) in [5, 5.41) is 19.0. The van der Waals surface area contributed by atoms with Gasteiger partial charge in [-0.15, -0.1) is 0 Å². The lowest BCUT2D eigenvalue weighted by molar-refractivity contribution is 0.0975. The second-order valence-electron chi connectivity index (χ2n) is 3.47. The van der Waals surface area contributed by atoms with Gasteiger partial charge in [-0.3, -0.25) is 9.59 Å². The first-order valence-corrected chi connectivity index (χ1v) is 4.47. The zero-order valence-electron chi connectivity index (χ0n) is 8.28. The Balaban J connectivity index is 2.86. The van der Waals surface area contributed by atoms with Gasteiger partial charge in [-0.25, -0.2) is 0 Å². The molecule has 0 fully saturated rings. The van der Waals surface area contributed by atoms with Crippen molar-refractivity contribution in [3.63, 3.8) is 0 Å². The van der Waals surface area contributed by atoms with E-state index >= 15 is 0 Å². The van der Waals surface area contributed by atoms with Crippen LogP contribution in [-0.2, 0) is 0 Å². The first-order valence-electron chi connectivity index (χ1n) is 4.47. The van der Waals surface area contributed by atoms with Crippen molar-refractivity contribution >= 4 is 11.6 Å². The van der Waals surface area contributed by atoms with Crippen molar-refractivity contribution in [2.45, 2.75) is 0 Å². The molecule has 4 heteroatoms. The normalized spacial score (nSPS) is 15.4. The maximum Gasteiger partial charge on any atom is 0.194 e. The summed E-state index contributed by atoms with van der Waals surface area (Å²) in [6.45, 7) is 6.87. The minimum atomic E-state index is -0.590. The van der Waals surface area contributed by atoms with E-state index in [1.165, 1.54) is 0 Å². The van der Waals surface area contributed by atoms with Crippen molar-refractivity contribution in [1.29, 1.82) is 0 Å². The van der Waals surface area contributed by atoms with Gasteiger partial charge in [-0.2, -0.15) is 0 Å². The van der Waals surface area contributed by atoms with Crippen LogP contribution in [0, 0.1) is 13.8 Å². The number of carbonyl (C=O) groups is 2. The maximum absolute atomic E-state index is 11.8. The molecule has 1 aromatic carbocycles. The Hall–Kier alpha value is -2.10. The van der Waals surface area contributed by atoms with Gasteiger partial charge < -0.3 is 10.2 Å². The predicted octanol–water partition coefficient (Wildman–Crippen LogP) is 1.44. The summed E-state index contributed by atoms with van der Waals surface area (Å²) in [6, 6.07) is 2.31. The van der Waals surface area contributed by atoms with Crippen LogP contribution in [0.4, 0.5) is 0 Å². The first kappa shape index (κ1) is 10.4. The molecule has 0 spiro atoms. The van der Waals surface area contributed by atoms with Gasteiger partial charge in [0.25, 0.3) is 0 Å². The SMILES string of the molecule is [CH2]C1=C([CH2])C(=O)c2c(O)ccc(O)c2C1=O. The molecule has 2 rings (SSSR count). The highest BCUT2D eigenvalue weighted by Gasteiger charge is 2.32. The van der Waals surface area contributed by atoms with Crippen LogP contribution >= 0.6 is 0 Å². The number of phenolic OH excluding ortho intramolecular Hbond substituents is 2. The predicted molar refractivity (Wildman–Crippen MR) is 56.2 cm³/mol. The Morgan fingerprint density at radius 2 is 1.12 bits per heavy atom. The number of carbonyl (C=O) groups excluding carboxylic acids is 2. The molecule has 1 aliphatic carbocycles. The minimum Gasteiger partial charge on any atom is -0.507 e. The van der Waals surface area contributed by atoms with E-state index in [9.17, 15) is 19.8 Å². The van der Waals surface area contributed by atoms with E-state index < -0.39 is 11.6 Å². The molecular weight excluding hydrogens is 208 g/mol. The molecule has 0 saturated heterocycles. The van der Waals surface area contributed by atoms with E-state index in [1.54, 1.807) is 0 Å². The highest BCUT2D eigenvalue weighted by molar-refractivity contribution is 6.29. The van der Waals surface area contributed by atoms with Crippen LogP contribution in [0.5, 0.6) is 11.5 Å². The molecule has 16 heavy (non-hydrogen) atoms. The molecule has 0 saturated carbocycles. The summed E-state index contributed by atoms with van der Waals surface area (Å²) >= 11 is 0. The zero-order valence-corrected chi connectivity index (χ0v) is 8.28. The summed E-state index contributed by atoms with van der Waals surface area (Å²) in [5.74, 6) is -1.87. The average Bonchev–Trinajstić information content (AvgIpc) is 2.26. The van der Waals surface area contributed by atoms with Crippen molar-refractivity contribution < 1.29 is 19.8 Å². The number of aromatic hydroxyl groups is 2. The molecule has 4 nitrogen and oxygen atoms in total. The number of phenols is 2. The number of rotatable bonds is 0. The minimum absolute atomic E-state index is 0.0570. The Bertz CT molecular complexity index is 503. The summed E-state index contributed by atoms with van der Waals surface area (Å²) in [4.78, 5) is 23.5. The van der Waals surface area contributed by atoms with E-state index in [0.717, 1.165) is 12.1 Å². The standard InChI is InChI=1S/C12H8O4/c1-5-6(2)12(16)10-8(14)4-3-7(13)9(10)11(5)15/h3-4,13-14H,1-2H2. The van der Waals surface area contributed by atoms with Crippen LogP contribution in [0.25, 0.3) is 0 Å². The topological polar surface area (TPSA) is 74.6 Å². The fraction of sp³-hybridized carbons (Fsp3) is 0. The van der Waals surface area contributed by atoms with E-state index in [1.807, 2.05) is 0 Å². The number of fused-ring (bicyclic) bond motifs is 1. The van der Waals surface area contributed by atoms with Crippen molar-refractivity contribution in [1.82, 2.24) is 0 Å². The van der Waals surface area contributed by atoms with Crippen LogP contribution in [0.15, 0.2) is 23.3 Å². The monoisotopic (exact) mass is 216 g/mol. The van der Waals surface area contributed by atoms with E-state index in [2.05, 4.69) is 13.8 Å². The van der Waals surface area contributed by atoms with Crippen molar-refractivity contribution in [3.05, 3.63) is 48.3 Å². The lowest BCUT2D eigenvalue weighted by Gasteiger charge is -2.18. The van der Waals surface area contributed by atoms with Crippen molar-refractivity contribution in [3.8, 4) is 11.5 Å². The number of benzene rings is 1. The smallest absolute Gasteiger partial charge is 0.194 e. The largest absolute Gasteiger partial charge is 0.507 e. The van der Waals surface area contributed by atoms with E-state index in [-0.39, 0.29) is 33.8 Å². The van der Waals surface area contributed by atoms with Crippen molar-refractivity contribution in [2.24, 2.45) is 0 Å². The molecule has 0 heterocycles. The van der Waals surface area contributed by atoms with Gasteiger partial charge in [-0.1, -0.05) is 0 Å². The maximum atomic E-state index is 11.8. The Morgan fingerprint density at radius 1 is 0.812 bits per heavy atom. The van der Waals surface area contributed by atoms with E-state index in [4.69, 9.17) is 0 Å². The van der Waals surface area contributed by atoms with Crippen LogP contribution in [0.2, 0.25) is 0 Å². The average molecular weight is 216 g/mol. The second-order valence-corrected chi connectivity index (χ2v) is 3.47. The molecule has 80 valence electrons. The summed E-state index contributed by atoms with van der Waals surface area (Å²) in [6.07, 6.45) is 0. The number of allylic oxidation sites excluding steroid dienone is 2. The van der Waals surface area contributed by atoms with Gasteiger partial charge in [0, 0.05) is 11.1 Å². The summed E-state index contributed by atoms with van der Waals surface area (Å²) < 4.78 is 0. The number of Topliss-reactive ketones (excluding diaryl/α,β-unsaturated/α-hetero) is 2. The Morgan fingerprint density at radius 3 is 1.44 bits per heavy atom. The number of hydrogen-bond donors (Lipinski definition) is 2. The van der Waals surface area contributed by atoms with Crippen molar-refractivity contribution in [2.75, 3.05) is 0 Å². The third-order valence-electron chi connectivity index (χ3n) is 2.53. The van der Waals surface area contributed by atoms with Gasteiger partial charge >= 0.3 is 0 Å². The van der Waals surface area contributed by atoms with Crippen LogP contribution in [0.1, 0.15) is 20.7 Å². The molecule has 0 aliphatic heterocycles. The first-order chi connectivity index (χ1) is 7.45. The Labute approximate surface area is 91.8 Å². The summed E-state index contributed by atoms with van der Waals surface area (Å²) in [7, 11) is 0. The van der Waals surface area contributed by atoms with Crippen LogP contribution in [-0.4, -0.2) is 21.8 Å². The van der Waals surface area contributed by atoms with Gasteiger partial charge in [0.15, 0.2) is 11.6 Å². The molecule has 0 bridgehead atoms. The zero-order chi connectivity index (χ0) is 12.0. The molecule has 2 radical (unpaired) electrons. The third-order valence-corrected chi connectivity index (χ3v) is 2.53. The quantitative estimate of drug-likeness (QED) is 0.643. The fourth-order valence-corrected chi connectivity index (χ4v) is 1.62. The highest BCUT2D eigenvalue weighted by Crippen LogP contribution is 2.36. The van der Waals surface area contributed by atoms with Gasteiger partial charge in [0.05, 0.1) is 11.1 Å². The molecular formula is C12H8O4. The summed E-state index contributed by atoms with van der Waals surface area (Å²) in [5.41, 5.74) is -0.526. The van der Waals surface area contributed by atoms with E-state index in [0.29, 0.717) is 0 Å². The van der Waals surface area contributed by atoms with Gasteiger partial charge in [0.2, 0.25) is 0 Å². The lowest BCUT2D eigenvalue weighted by atomic mass is 9.84. The molecule has 1 aliphatic rings. The highest BCUT2D eigenvalue weighted by atomic mass is 16.3. The second kappa shape index (κ2) is 3.20. The molecule has 1 aromatic rings. The molecule has 0 aromatic heterocycles. The lowest BCUT2D eigenvalue weighted by Crippen LogP contribution is -2.20.